The minimum absolute atomic E-state index is 0.00100. The summed E-state index contributed by atoms with van der Waals surface area (Å²) in [6.07, 6.45) is 5.07. The van der Waals surface area contributed by atoms with Crippen molar-refractivity contribution in [2.45, 2.75) is 236 Å². The Labute approximate surface area is 609 Å². The van der Waals surface area contributed by atoms with Gasteiger partial charge in [0, 0.05) is 33.6 Å². The average molecular weight is 1470 g/mol. The second-order valence-electron chi connectivity index (χ2n) is 33.6. The van der Waals surface area contributed by atoms with Crippen molar-refractivity contribution in [3.8, 4) is 16.4 Å². The van der Waals surface area contributed by atoms with Crippen LogP contribution in [-0.2, 0) is 62.6 Å². The average Bonchev–Trinajstić information content (AvgIpc) is 1.57. The highest BCUT2D eigenvalue weighted by atomic mass is 32.2. The highest BCUT2D eigenvalue weighted by Crippen LogP contribution is 2.71. The van der Waals surface area contributed by atoms with E-state index in [0.717, 1.165) is 61.7 Å². The van der Waals surface area contributed by atoms with Gasteiger partial charge in [-0.1, -0.05) is 77.1 Å². The van der Waals surface area contributed by atoms with Gasteiger partial charge in [0.2, 0.25) is 6.10 Å². The molecule has 1 N–H and O–H groups in total. The molecule has 1 aromatic heterocycles. The number of benzene rings is 4. The number of thiophene rings is 1. The smallest absolute Gasteiger partial charge is 0.426 e. The first kappa shape index (κ1) is 80.5. The Morgan fingerprint density at radius 1 is 0.621 bits per heavy atom. The fourth-order valence-electron chi connectivity index (χ4n) is 17.3. The van der Waals surface area contributed by atoms with Crippen LogP contribution in [0.2, 0.25) is 0 Å². The van der Waals surface area contributed by atoms with Gasteiger partial charge in [0.15, 0.2) is 19.9 Å². The molecule has 8 aliphatic carbocycles. The lowest BCUT2D eigenvalue weighted by molar-refractivity contribution is -0.239. The first-order chi connectivity index (χ1) is 48.0. The van der Waals surface area contributed by atoms with Gasteiger partial charge in [-0.05, 0) is 268 Å². The zero-order valence-electron chi connectivity index (χ0n) is 62.8. The molecule has 8 bridgehead atoms. The van der Waals surface area contributed by atoms with Crippen molar-refractivity contribution in [2.24, 2.45) is 80.3 Å². The minimum Gasteiger partial charge on any atom is -0.748 e. The SMILES string of the molecule is CCC(C)(C)C(=O)OC1(C)COC(=O)C1C.CCC(C)(C)C(=O)OC1(CC)CC2CC1C1C3CCC(C3)C21.CCC(C)(C)C(=O)OC12CC3CC(C1)CC(C(=O)OC(CS(=O)(=O)[O-])C(F)(F)F)(C3)C2.CCC(C)(C)C(=O)Oc1ccc(O)cc1.c1ccc(-[s+]2c3ccccc3c3ccccc32)cc1. The summed E-state index contributed by atoms with van der Waals surface area (Å²) in [5.74, 6) is 1.35. The largest absolute Gasteiger partial charge is 0.748 e. The Balaban J connectivity index is 0.000000154. The highest BCUT2D eigenvalue weighted by molar-refractivity contribution is 7.85. The fourth-order valence-corrected chi connectivity index (χ4v) is 20.3. The molecule has 12 atom stereocenters. The third-order valence-electron chi connectivity index (χ3n) is 24.9. The number of esters is 6. The number of halogens is 3. The van der Waals surface area contributed by atoms with Gasteiger partial charge in [0.1, 0.15) is 29.3 Å². The van der Waals surface area contributed by atoms with E-state index in [2.05, 4.69) is 97.4 Å². The van der Waals surface area contributed by atoms with Crippen molar-refractivity contribution in [3.05, 3.63) is 103 Å². The van der Waals surface area contributed by atoms with Crippen LogP contribution in [0.4, 0.5) is 13.2 Å². The van der Waals surface area contributed by atoms with Crippen molar-refractivity contribution in [1.29, 1.82) is 0 Å². The molecule has 0 spiro atoms. The van der Waals surface area contributed by atoms with Gasteiger partial charge in [-0.15, -0.1) is 0 Å². The van der Waals surface area contributed by atoms with Gasteiger partial charge < -0.3 is 38.1 Å². The zero-order valence-corrected chi connectivity index (χ0v) is 64.5. The molecule has 9 aliphatic rings. The number of fused-ring (bicyclic) bond motifs is 12. The summed E-state index contributed by atoms with van der Waals surface area (Å²) >= 11 is 0. The van der Waals surface area contributed by atoms with Crippen LogP contribution in [-0.4, -0.2) is 95.3 Å². The number of ether oxygens (including phenoxy) is 6. The summed E-state index contributed by atoms with van der Waals surface area (Å²) < 4.78 is 108. The van der Waals surface area contributed by atoms with Crippen LogP contribution >= 0.6 is 10.5 Å². The molecule has 0 amide bonds. The molecule has 16 nitrogen and oxygen atoms in total. The van der Waals surface area contributed by atoms with Crippen LogP contribution in [0.15, 0.2) is 103 Å². The number of phenolic OH excluding ortho intramolecular Hbond substituents is 1. The second kappa shape index (κ2) is 30.7. The van der Waals surface area contributed by atoms with Crippen LogP contribution in [0, 0.1) is 80.3 Å². The Morgan fingerprint density at radius 3 is 1.59 bits per heavy atom. The molecule has 103 heavy (non-hydrogen) atoms. The molecule has 0 radical (unpaired) electrons. The van der Waals surface area contributed by atoms with E-state index >= 15 is 0 Å². The van der Waals surface area contributed by atoms with Crippen LogP contribution in [0.25, 0.3) is 25.1 Å². The number of alkyl halides is 3. The van der Waals surface area contributed by atoms with E-state index < -0.39 is 78.9 Å². The summed E-state index contributed by atoms with van der Waals surface area (Å²) in [7, 11) is -5.21. The number of phenols is 1. The maximum Gasteiger partial charge on any atom is 0.426 e. The lowest BCUT2D eigenvalue weighted by atomic mass is 9.48. The fraction of sp³-hybridized carbons (Fsp3) is 0.634. The Bertz CT molecular complexity index is 3920. The normalized spacial score (nSPS) is 28.9. The van der Waals surface area contributed by atoms with Gasteiger partial charge in [0.25, 0.3) is 0 Å². The summed E-state index contributed by atoms with van der Waals surface area (Å²) in [5.41, 5.74) is -5.23. The van der Waals surface area contributed by atoms with Crippen molar-refractivity contribution in [2.75, 3.05) is 12.4 Å². The number of rotatable bonds is 18. The molecule has 1 aliphatic heterocycles. The highest BCUT2D eigenvalue weighted by Gasteiger charge is 2.69. The molecule has 566 valence electrons. The van der Waals surface area contributed by atoms with E-state index in [-0.39, 0.29) is 76.0 Å². The summed E-state index contributed by atoms with van der Waals surface area (Å²) in [5, 5.41) is 11.8. The molecule has 21 heteroatoms. The summed E-state index contributed by atoms with van der Waals surface area (Å²) in [4.78, 5) is 74.7. The molecule has 1 saturated heterocycles. The second-order valence-corrected chi connectivity index (χ2v) is 37.0. The molecule has 5 aromatic rings. The monoisotopic (exact) mass is 1470 g/mol. The van der Waals surface area contributed by atoms with Crippen molar-refractivity contribution >= 4 is 76.6 Å². The van der Waals surface area contributed by atoms with Crippen molar-refractivity contribution in [3.63, 3.8) is 0 Å². The van der Waals surface area contributed by atoms with E-state index in [1.165, 1.54) is 62.9 Å². The van der Waals surface area contributed by atoms with E-state index in [1.54, 1.807) is 39.8 Å². The van der Waals surface area contributed by atoms with Gasteiger partial charge in [-0.2, -0.15) is 13.2 Å². The van der Waals surface area contributed by atoms with Crippen molar-refractivity contribution in [1.82, 2.24) is 0 Å². The number of hydrogen-bond donors (Lipinski definition) is 1. The molecule has 8 saturated carbocycles. The number of carbonyl (C=O) groups is 6. The zero-order chi connectivity index (χ0) is 75.8. The predicted octanol–water partition coefficient (Wildman–Crippen LogP) is 18.5. The van der Waals surface area contributed by atoms with Crippen LogP contribution in [0.5, 0.6) is 11.5 Å². The minimum atomic E-state index is -5.27. The number of hydrogen-bond acceptors (Lipinski definition) is 16. The van der Waals surface area contributed by atoms with Gasteiger partial charge >= 0.3 is 42.0 Å². The maximum absolute atomic E-state index is 13.3. The van der Waals surface area contributed by atoms with E-state index in [0.29, 0.717) is 50.2 Å². The molecule has 12 unspecified atom stereocenters. The summed E-state index contributed by atoms with van der Waals surface area (Å²) in [6, 6.07) is 34.5. The Hall–Kier alpha value is -6.58. The molecule has 2 heterocycles. The third-order valence-corrected chi connectivity index (χ3v) is 27.9. The number of cyclic esters (lactones) is 1. The quantitative estimate of drug-likeness (QED) is 0.0214. The lowest BCUT2D eigenvalue weighted by Gasteiger charge is -2.60. The van der Waals surface area contributed by atoms with Gasteiger partial charge in [-0.3, -0.25) is 28.8 Å². The van der Waals surface area contributed by atoms with E-state index in [1.807, 2.05) is 62.3 Å². The maximum atomic E-state index is 13.3. The molecular weight excluding hydrogens is 1360 g/mol. The van der Waals surface area contributed by atoms with Crippen LogP contribution < -0.4 is 4.74 Å². The first-order valence-electron chi connectivity index (χ1n) is 37.1. The van der Waals surface area contributed by atoms with Crippen LogP contribution in [0.3, 0.4) is 0 Å². The molecule has 9 fully saturated rings. The third kappa shape index (κ3) is 17.5. The van der Waals surface area contributed by atoms with Crippen molar-refractivity contribution < 1.29 is 88.4 Å². The number of carbonyl (C=O) groups excluding carboxylic acids is 6. The topological polar surface area (TPSA) is 235 Å². The summed E-state index contributed by atoms with van der Waals surface area (Å²) in [6.45, 7) is 28.6. The predicted molar refractivity (Wildman–Crippen MR) is 389 cm³/mol. The lowest BCUT2D eigenvalue weighted by Crippen LogP contribution is -2.61. The first-order valence-corrected chi connectivity index (χ1v) is 39.9. The van der Waals surface area contributed by atoms with Gasteiger partial charge in [0.05, 0.1) is 48.9 Å². The molecule has 4 aromatic carbocycles. The molecular formula is C82H109F3O16S2. The van der Waals surface area contributed by atoms with E-state index in [9.17, 15) is 54.9 Å². The van der Waals surface area contributed by atoms with Crippen LogP contribution in [0.1, 0.15) is 207 Å². The van der Waals surface area contributed by atoms with E-state index in [4.69, 9.17) is 28.8 Å². The van der Waals surface area contributed by atoms with Gasteiger partial charge in [-0.25, -0.2) is 8.42 Å². The number of aromatic hydroxyl groups is 1. The standard InChI is InChI=1S/C20H29F3O7S.C20H32O2.C18H13S.C12H20O4.C12H16O3/c1-4-17(2,3)15(24)30-19-8-12-5-13(9-19)7-18(6-12,11-19)16(25)29-14(20(21,22)23)10-31(26,27)28;1-5-19(3,4)18(21)22-20(6-2)11-14-10-15(20)17-13-8-7-12(9-13)16(14)17;1-2-8-14(9-3-1)19-17-12-6-4-10-15(17)16-11-5-7-13-18(16)19;1-6-11(3,4)10(14)16-12(5)7-15-9(13)8(12)2;1-4-12(2,3)11(14)15-10-7-5-9(13)6-8-10/h12-14H,4-11H2,1-3H3,(H,26,27,28);12-17H,5-11H2,1-4H3;1-13H;8H,6-7H2,1-5H3;5-8,13H,4H2,1-3H3/q;;+1;;/p-1. The Kier molecular flexibility index (Phi) is 24.0. The Morgan fingerprint density at radius 2 is 1.11 bits per heavy atom. The molecule has 14 rings (SSSR count).